The maximum absolute atomic E-state index is 13.5. The van der Waals surface area contributed by atoms with Crippen LogP contribution in [0.2, 0.25) is 0 Å². The van der Waals surface area contributed by atoms with E-state index in [0.29, 0.717) is 19.5 Å². The number of aromatic amines is 1. The van der Waals surface area contributed by atoms with Crippen LogP contribution in [0.5, 0.6) is 0 Å². The number of nitrogens with zero attached hydrogens (tertiary/aromatic N) is 5. The summed E-state index contributed by atoms with van der Waals surface area (Å²) < 4.78 is 17.1. The van der Waals surface area contributed by atoms with Gasteiger partial charge in [-0.25, -0.2) is 9.37 Å². The van der Waals surface area contributed by atoms with Crippen molar-refractivity contribution in [2.45, 2.75) is 19.5 Å². The molecular weight excluding hydrogens is 395 g/mol. The summed E-state index contributed by atoms with van der Waals surface area (Å²) in [5, 5.41) is 18.8. The van der Waals surface area contributed by atoms with Gasteiger partial charge in [0.05, 0.1) is 18.9 Å². The number of aliphatic hydroxyl groups is 1. The normalized spacial score (nSPS) is 11.4. The number of hydrogen-bond acceptors (Lipinski definition) is 4. The third-order valence-corrected chi connectivity index (χ3v) is 5.22. The molecule has 0 unspecified atom stereocenters. The predicted molar refractivity (Wildman–Crippen MR) is 116 cm³/mol. The number of pyridine rings is 1. The molecule has 0 saturated carbocycles. The average molecular weight is 416 g/mol. The number of aromatic nitrogens is 6. The molecule has 0 aliphatic rings. The van der Waals surface area contributed by atoms with E-state index in [9.17, 15) is 4.39 Å². The Bertz CT molecular complexity index is 1330. The van der Waals surface area contributed by atoms with Gasteiger partial charge in [0.15, 0.2) is 0 Å². The monoisotopic (exact) mass is 416 g/mol. The Morgan fingerprint density at radius 2 is 1.81 bits per heavy atom. The lowest BCUT2D eigenvalue weighted by Crippen LogP contribution is -1.99. The van der Waals surface area contributed by atoms with Crippen LogP contribution in [0, 0.1) is 5.82 Å². The minimum atomic E-state index is -0.250. The fraction of sp³-hybridized carbons (Fsp3) is 0.174. The highest BCUT2D eigenvalue weighted by molar-refractivity contribution is 5.95. The Morgan fingerprint density at radius 3 is 2.68 bits per heavy atom. The van der Waals surface area contributed by atoms with Crippen LogP contribution >= 0.6 is 0 Å². The molecule has 0 saturated heterocycles. The second kappa shape index (κ2) is 8.16. The quantitative estimate of drug-likeness (QED) is 0.422. The van der Waals surface area contributed by atoms with Gasteiger partial charge in [-0.1, -0.05) is 12.1 Å². The highest BCUT2D eigenvalue weighted by atomic mass is 19.1. The van der Waals surface area contributed by atoms with Crippen molar-refractivity contribution in [2.75, 3.05) is 6.61 Å². The lowest BCUT2D eigenvalue weighted by molar-refractivity contribution is 0.277. The van der Waals surface area contributed by atoms with Crippen molar-refractivity contribution in [1.82, 2.24) is 29.5 Å². The molecule has 2 N–H and O–H groups in total. The van der Waals surface area contributed by atoms with Crippen LogP contribution in [0.25, 0.3) is 33.3 Å². The lowest BCUT2D eigenvalue weighted by Gasteiger charge is -2.02. The minimum Gasteiger partial charge on any atom is -0.396 e. The van der Waals surface area contributed by atoms with Gasteiger partial charge in [0, 0.05) is 65.6 Å². The Morgan fingerprint density at radius 1 is 0.968 bits per heavy atom. The summed E-state index contributed by atoms with van der Waals surface area (Å²) in [6, 6.07) is 8.63. The smallest absolute Gasteiger partial charge is 0.137 e. The zero-order valence-corrected chi connectivity index (χ0v) is 16.7. The first-order chi connectivity index (χ1) is 15.2. The fourth-order valence-corrected chi connectivity index (χ4v) is 3.68. The second-order valence-electron chi connectivity index (χ2n) is 7.45. The van der Waals surface area contributed by atoms with Crippen molar-refractivity contribution in [2.24, 2.45) is 0 Å². The number of aryl methyl sites for hydroxylation is 1. The first-order valence-electron chi connectivity index (χ1n) is 10.1. The van der Waals surface area contributed by atoms with Gasteiger partial charge in [-0.15, -0.1) is 0 Å². The maximum Gasteiger partial charge on any atom is 0.137 e. The molecule has 0 radical (unpaired) electrons. The van der Waals surface area contributed by atoms with Crippen molar-refractivity contribution in [3.05, 3.63) is 78.9 Å². The SMILES string of the molecule is OCCCn1cc(-c2cnc3[nH]cc(-c4cnn(Cc5cccc(F)c5)c4)c3c2)cn1. The predicted octanol–water partition coefficient (Wildman–Crippen LogP) is 3.86. The Labute approximate surface area is 177 Å². The summed E-state index contributed by atoms with van der Waals surface area (Å²) in [6.07, 6.45) is 11.9. The molecule has 7 nitrogen and oxygen atoms in total. The van der Waals surface area contributed by atoms with Gasteiger partial charge in [0.25, 0.3) is 0 Å². The Hall–Kier alpha value is -3.78. The molecule has 0 amide bonds. The van der Waals surface area contributed by atoms with Gasteiger partial charge in [-0.05, 0) is 30.2 Å². The Kier molecular flexibility index (Phi) is 5.05. The molecule has 5 aromatic rings. The summed E-state index contributed by atoms with van der Waals surface area (Å²) in [5.74, 6) is -0.250. The van der Waals surface area contributed by atoms with Crippen LogP contribution in [0.1, 0.15) is 12.0 Å². The van der Waals surface area contributed by atoms with Crippen molar-refractivity contribution >= 4 is 11.0 Å². The molecule has 0 atom stereocenters. The number of nitrogens with one attached hydrogen (secondary N) is 1. The number of benzene rings is 1. The van der Waals surface area contributed by atoms with Crippen LogP contribution in [0.4, 0.5) is 4.39 Å². The summed E-state index contributed by atoms with van der Waals surface area (Å²) in [6.45, 7) is 1.31. The maximum atomic E-state index is 13.5. The molecule has 0 aliphatic heterocycles. The highest BCUT2D eigenvalue weighted by Crippen LogP contribution is 2.30. The van der Waals surface area contributed by atoms with Crippen LogP contribution in [0.3, 0.4) is 0 Å². The second-order valence-corrected chi connectivity index (χ2v) is 7.45. The van der Waals surface area contributed by atoms with Gasteiger partial charge in [-0.3, -0.25) is 9.36 Å². The van der Waals surface area contributed by atoms with E-state index in [1.165, 1.54) is 12.1 Å². The van der Waals surface area contributed by atoms with Crippen molar-refractivity contribution in [1.29, 1.82) is 0 Å². The first kappa shape index (κ1) is 19.2. The van der Waals surface area contributed by atoms with E-state index in [2.05, 4.69) is 26.2 Å². The number of hydrogen-bond donors (Lipinski definition) is 2. The third kappa shape index (κ3) is 3.97. The van der Waals surface area contributed by atoms with E-state index < -0.39 is 0 Å². The van der Waals surface area contributed by atoms with Gasteiger partial charge < -0.3 is 10.1 Å². The molecule has 31 heavy (non-hydrogen) atoms. The summed E-state index contributed by atoms with van der Waals surface area (Å²) in [4.78, 5) is 7.78. The summed E-state index contributed by atoms with van der Waals surface area (Å²) in [7, 11) is 0. The Balaban J connectivity index is 1.43. The van der Waals surface area contributed by atoms with Gasteiger partial charge >= 0.3 is 0 Å². The van der Waals surface area contributed by atoms with Crippen LogP contribution in [0.15, 0.2) is 67.5 Å². The summed E-state index contributed by atoms with van der Waals surface area (Å²) in [5.41, 5.74) is 5.56. The lowest BCUT2D eigenvalue weighted by atomic mass is 10.1. The largest absolute Gasteiger partial charge is 0.396 e. The zero-order chi connectivity index (χ0) is 21.2. The molecule has 0 spiro atoms. The molecular formula is C23H21FN6O. The van der Waals surface area contributed by atoms with E-state index >= 15 is 0 Å². The van der Waals surface area contributed by atoms with Crippen molar-refractivity contribution in [3.8, 4) is 22.3 Å². The molecule has 156 valence electrons. The molecule has 8 heteroatoms. The van der Waals surface area contributed by atoms with E-state index in [4.69, 9.17) is 5.11 Å². The molecule has 0 aliphatic carbocycles. The van der Waals surface area contributed by atoms with Crippen LogP contribution in [-0.4, -0.2) is 41.2 Å². The number of fused-ring (bicyclic) bond motifs is 1. The third-order valence-electron chi connectivity index (χ3n) is 5.22. The zero-order valence-electron chi connectivity index (χ0n) is 16.7. The number of aliphatic hydroxyl groups excluding tert-OH is 1. The topological polar surface area (TPSA) is 84.5 Å². The van der Waals surface area contributed by atoms with Gasteiger partial charge in [0.1, 0.15) is 11.5 Å². The molecule has 1 aromatic carbocycles. The standard InChI is InChI=1S/C23H21FN6O/c24-20-4-1-3-16(7-20)13-30-15-19(11-28-30)22-12-26-23-21(22)8-17(9-25-23)18-10-27-29(14-18)5-2-6-31/h1,3-4,7-12,14-15,31H,2,5-6,13H2,(H,25,26). The summed E-state index contributed by atoms with van der Waals surface area (Å²) >= 11 is 0. The van der Waals surface area contributed by atoms with Crippen molar-refractivity contribution < 1.29 is 9.50 Å². The average Bonchev–Trinajstić information content (AvgIpc) is 3.51. The van der Waals surface area contributed by atoms with E-state index in [0.717, 1.165) is 38.9 Å². The molecule has 4 aromatic heterocycles. The van der Waals surface area contributed by atoms with Crippen LogP contribution in [-0.2, 0) is 13.1 Å². The molecule has 4 heterocycles. The van der Waals surface area contributed by atoms with E-state index in [1.807, 2.05) is 47.9 Å². The first-order valence-corrected chi connectivity index (χ1v) is 10.1. The molecule has 5 rings (SSSR count). The number of H-pyrrole nitrogens is 1. The molecule has 0 bridgehead atoms. The fourth-order valence-electron chi connectivity index (χ4n) is 3.68. The van der Waals surface area contributed by atoms with Gasteiger partial charge in [0.2, 0.25) is 0 Å². The molecule has 0 fully saturated rings. The van der Waals surface area contributed by atoms with Crippen LogP contribution < -0.4 is 0 Å². The van der Waals surface area contributed by atoms with E-state index in [1.54, 1.807) is 10.7 Å². The highest BCUT2D eigenvalue weighted by Gasteiger charge is 2.12. The number of rotatable bonds is 7. The number of halogens is 1. The minimum absolute atomic E-state index is 0.141. The van der Waals surface area contributed by atoms with E-state index in [-0.39, 0.29) is 12.4 Å². The van der Waals surface area contributed by atoms with Crippen molar-refractivity contribution in [3.63, 3.8) is 0 Å². The van der Waals surface area contributed by atoms with Gasteiger partial charge in [-0.2, -0.15) is 10.2 Å².